The Hall–Kier alpha value is -8.27. The molecule has 0 saturated carbocycles. The lowest BCUT2D eigenvalue weighted by atomic mass is 9.95. The Kier molecular flexibility index (Phi) is 21.6. The van der Waals surface area contributed by atoms with Crippen molar-refractivity contribution in [1.29, 1.82) is 0 Å². The number of unbranched alkanes of at least 4 members (excludes halogenated alkanes) is 2. The van der Waals surface area contributed by atoms with E-state index in [2.05, 4.69) is 26.2 Å². The van der Waals surface area contributed by atoms with Crippen LogP contribution in [0.25, 0.3) is 21.5 Å². The van der Waals surface area contributed by atoms with Crippen molar-refractivity contribution in [3.8, 4) is 11.5 Å². The van der Waals surface area contributed by atoms with Crippen molar-refractivity contribution < 1.29 is 52.6 Å². The Bertz CT molecular complexity index is 3460. The molecule has 5 aromatic carbocycles. The van der Waals surface area contributed by atoms with E-state index < -0.39 is 36.0 Å². The minimum atomic E-state index is -1.06. The number of nitrogens with two attached hydrogens (primary N) is 1. The number of carbonyl (C=O) groups is 9. The summed E-state index contributed by atoms with van der Waals surface area (Å²) in [4.78, 5) is 126. The van der Waals surface area contributed by atoms with E-state index in [-0.39, 0.29) is 111 Å². The predicted molar refractivity (Wildman–Crippen MR) is 338 cm³/mol. The van der Waals surface area contributed by atoms with Crippen LogP contribution in [0.5, 0.6) is 11.5 Å². The van der Waals surface area contributed by atoms with Gasteiger partial charge in [-0.15, -0.1) is 23.2 Å². The first-order valence-corrected chi connectivity index (χ1v) is 31.2. The minimum Gasteiger partial charge on any atom is -0.488 e. The lowest BCUT2D eigenvalue weighted by Gasteiger charge is -2.31. The van der Waals surface area contributed by atoms with E-state index in [9.17, 15) is 43.2 Å². The van der Waals surface area contributed by atoms with Gasteiger partial charge in [0.25, 0.3) is 11.8 Å². The molecule has 0 aliphatic carbocycles. The van der Waals surface area contributed by atoms with Gasteiger partial charge in [-0.3, -0.25) is 38.5 Å². The fraction of sp³-hybridized carbons (Fsp3) is 0.431. The number of carbonyl (C=O) groups excluding carboxylic acids is 9. The smallest absolute Gasteiger partial charge is 0.415 e. The zero-order chi connectivity index (χ0) is 62.6. The van der Waals surface area contributed by atoms with Crippen LogP contribution in [0.15, 0.2) is 97.1 Å². The van der Waals surface area contributed by atoms with Crippen molar-refractivity contribution in [3.05, 3.63) is 114 Å². The van der Waals surface area contributed by atoms with Gasteiger partial charge in [-0.1, -0.05) is 80.9 Å². The van der Waals surface area contributed by atoms with Crippen molar-refractivity contribution >= 4 is 115 Å². The number of hydrogen-bond donors (Lipinski definition) is 5. The van der Waals surface area contributed by atoms with E-state index in [0.717, 1.165) is 56.2 Å². The summed E-state index contributed by atoms with van der Waals surface area (Å²) in [5, 5.41) is 14.4. The van der Waals surface area contributed by atoms with E-state index in [4.69, 9.17) is 38.4 Å². The average Bonchev–Trinajstić information content (AvgIpc) is 1.80. The molecule has 9 rings (SSSR count). The number of fused-ring (bicyclic) bond motifs is 6. The first kappa shape index (κ1) is 64.2. The topological polar surface area (TPSA) is 262 Å². The van der Waals surface area contributed by atoms with Crippen LogP contribution in [0, 0.1) is 5.92 Å². The average molecular weight is 1240 g/mol. The molecule has 5 aromatic rings. The largest absolute Gasteiger partial charge is 0.488 e. The Morgan fingerprint density at radius 3 is 1.80 bits per heavy atom. The zero-order valence-electron chi connectivity index (χ0n) is 49.8. The molecule has 466 valence electrons. The van der Waals surface area contributed by atoms with Crippen LogP contribution in [0.3, 0.4) is 0 Å². The summed E-state index contributed by atoms with van der Waals surface area (Å²) in [6, 6.07) is 23.4. The van der Waals surface area contributed by atoms with E-state index in [0.29, 0.717) is 80.4 Å². The molecule has 10 amide bonds. The van der Waals surface area contributed by atoms with Gasteiger partial charge in [-0.05, 0) is 84.7 Å². The van der Waals surface area contributed by atoms with Gasteiger partial charge in [0.2, 0.25) is 29.5 Å². The van der Waals surface area contributed by atoms with Gasteiger partial charge in [0.1, 0.15) is 30.2 Å². The SMILES string of the molecule is CC(C)C(NC(=O)CCCCCN1C(=O)C=CC1=O)C(=O)NC(CCCNC(N)=O)C(=O)Nc1ccc(COc2cc3c(c4ccccc24)[C@H](CCl)CN3C(=O)CCCC(=O)N2C[C@@H](CCl)c3c2cc(OC(=O)N2CCN(C)CC2)c2ccccc32)cc1. The number of amides is 10. The molecule has 4 heterocycles. The molecule has 0 aromatic heterocycles. The van der Waals surface area contributed by atoms with Crippen molar-refractivity contribution in [2.24, 2.45) is 11.7 Å². The van der Waals surface area contributed by atoms with Gasteiger partial charge in [0.05, 0.1) is 11.4 Å². The summed E-state index contributed by atoms with van der Waals surface area (Å²) in [6.45, 7) is 7.35. The lowest BCUT2D eigenvalue weighted by Crippen LogP contribution is -2.54. The maximum absolute atomic E-state index is 14.4. The number of alkyl halides is 2. The number of nitrogens with zero attached hydrogens (tertiary/aromatic N) is 5. The number of hydrogen-bond acceptors (Lipinski definition) is 12. The van der Waals surface area contributed by atoms with Gasteiger partial charge in [0, 0.05) is 136 Å². The molecule has 0 spiro atoms. The first-order chi connectivity index (χ1) is 42.4. The monoisotopic (exact) mass is 1240 g/mol. The number of likely N-dealkylation sites (N-methyl/N-ethyl adjacent to an activating group) is 1. The maximum Gasteiger partial charge on any atom is 0.415 e. The fourth-order valence-electron chi connectivity index (χ4n) is 11.8. The molecule has 4 aliphatic rings. The highest BCUT2D eigenvalue weighted by atomic mass is 35.5. The Morgan fingerprint density at radius 2 is 1.23 bits per heavy atom. The summed E-state index contributed by atoms with van der Waals surface area (Å²) in [6.07, 6.45) is 4.57. The highest BCUT2D eigenvalue weighted by molar-refractivity contribution is 6.20. The molecule has 4 aliphatic heterocycles. The van der Waals surface area contributed by atoms with Crippen molar-refractivity contribution in [2.75, 3.05) is 86.3 Å². The van der Waals surface area contributed by atoms with E-state index in [1.54, 1.807) is 58.9 Å². The van der Waals surface area contributed by atoms with Crippen molar-refractivity contribution in [3.63, 3.8) is 0 Å². The zero-order valence-corrected chi connectivity index (χ0v) is 51.3. The molecule has 0 bridgehead atoms. The third-order valence-corrected chi connectivity index (χ3v) is 17.4. The number of rotatable bonds is 26. The second kappa shape index (κ2) is 29.6. The molecule has 23 heteroatoms. The summed E-state index contributed by atoms with van der Waals surface area (Å²) >= 11 is 13.2. The molecule has 1 fully saturated rings. The summed E-state index contributed by atoms with van der Waals surface area (Å²) in [5.41, 5.74) is 9.67. The van der Waals surface area contributed by atoms with Crippen LogP contribution in [0.2, 0.25) is 0 Å². The van der Waals surface area contributed by atoms with Crippen LogP contribution < -0.4 is 46.3 Å². The van der Waals surface area contributed by atoms with E-state index in [1.165, 1.54) is 12.2 Å². The molecule has 0 radical (unpaired) electrons. The third-order valence-electron chi connectivity index (χ3n) is 16.6. The number of primary amides is 1. The van der Waals surface area contributed by atoms with Crippen molar-refractivity contribution in [2.45, 2.75) is 102 Å². The number of urea groups is 1. The fourth-order valence-corrected chi connectivity index (χ4v) is 12.4. The Labute approximate surface area is 521 Å². The van der Waals surface area contributed by atoms with Gasteiger partial charge in [-0.2, -0.15) is 0 Å². The normalized spacial score (nSPS) is 17.1. The number of imide groups is 1. The van der Waals surface area contributed by atoms with Gasteiger partial charge >= 0.3 is 12.1 Å². The highest BCUT2D eigenvalue weighted by Crippen LogP contribution is 2.48. The van der Waals surface area contributed by atoms with Crippen LogP contribution in [0.1, 0.15) is 100 Å². The first-order valence-electron chi connectivity index (χ1n) is 30.1. The minimum absolute atomic E-state index is 0.0873. The molecule has 21 nitrogen and oxygen atoms in total. The quantitative estimate of drug-likeness (QED) is 0.0200. The number of piperazine rings is 1. The number of halogens is 2. The van der Waals surface area contributed by atoms with Gasteiger partial charge in [-0.25, -0.2) is 9.59 Å². The summed E-state index contributed by atoms with van der Waals surface area (Å²) in [5.74, 6) is -1.69. The Balaban J connectivity index is 0.819. The summed E-state index contributed by atoms with van der Waals surface area (Å²) in [7, 11) is 2.02. The third kappa shape index (κ3) is 15.3. The lowest BCUT2D eigenvalue weighted by molar-refractivity contribution is -0.137. The number of nitrogens with one attached hydrogen (secondary N) is 4. The Morgan fingerprint density at radius 1 is 0.659 bits per heavy atom. The molecular weight excluding hydrogens is 1170 g/mol. The van der Waals surface area contributed by atoms with Gasteiger partial charge in [0.15, 0.2) is 0 Å². The van der Waals surface area contributed by atoms with Crippen LogP contribution in [-0.4, -0.2) is 151 Å². The summed E-state index contributed by atoms with van der Waals surface area (Å²) < 4.78 is 12.6. The van der Waals surface area contributed by atoms with Crippen molar-refractivity contribution in [1.82, 2.24) is 30.7 Å². The second-order valence-corrected chi connectivity index (χ2v) is 23.8. The number of anilines is 3. The standard InChI is InChI=1S/C65H76Cl2N10O11/c1-40(2)61(72-54(78)18-5-4-10-28-75-57(81)25-26-58(75)82)63(84)71-49(17-12-27-69-64(68)85)62(83)70-44-23-21-41(22-24-44)39-87-52-33-50-59(47-15-8-6-13-45(47)52)42(35-66)37-76(50)55(79)19-11-20-56(80)77-38-43(36-67)60-48-16-9-7-14-46(48)53(34-51(60)77)88-65(86)74-31-29-73(3)30-32-74/h6-9,13-16,21-26,33-34,40,42-43,49,61H,4-5,10-12,17-20,27-32,35-39H2,1-3H3,(H,70,83)(H,71,84)(H,72,78)(H3,68,69,85)/t42-,43-,49?,61?/m1/s1. The van der Waals surface area contributed by atoms with E-state index in [1.807, 2.05) is 61.6 Å². The molecule has 4 atom stereocenters. The molecular formula is C65H76Cl2N10O11. The number of ether oxygens (including phenoxy) is 2. The predicted octanol–water partition coefficient (Wildman–Crippen LogP) is 8.02. The van der Waals surface area contributed by atoms with Crippen LogP contribution in [-0.2, 0) is 40.2 Å². The second-order valence-electron chi connectivity index (χ2n) is 23.2. The number of benzene rings is 5. The molecule has 88 heavy (non-hydrogen) atoms. The van der Waals surface area contributed by atoms with Gasteiger partial charge < -0.3 is 56.1 Å². The molecule has 6 N–H and O–H groups in total. The highest BCUT2D eigenvalue weighted by Gasteiger charge is 2.38. The molecule has 2 unspecified atom stereocenters. The van der Waals surface area contributed by atoms with E-state index >= 15 is 0 Å². The van der Waals surface area contributed by atoms with Crippen LogP contribution >= 0.6 is 23.2 Å². The maximum atomic E-state index is 14.4. The van der Waals surface area contributed by atoms with Crippen LogP contribution in [0.4, 0.5) is 26.7 Å². The molecule has 1 saturated heterocycles.